The van der Waals surface area contributed by atoms with E-state index in [9.17, 15) is 9.59 Å². The molecule has 0 atom stereocenters. The number of methoxy groups -OCH3 is 3. The fourth-order valence-electron chi connectivity index (χ4n) is 2.22. The van der Waals surface area contributed by atoms with Crippen LogP contribution in [0.15, 0.2) is 30.3 Å². The minimum atomic E-state index is -0.740. The Hall–Kier alpha value is -2.44. The van der Waals surface area contributed by atoms with Crippen molar-refractivity contribution in [2.24, 2.45) is 0 Å². The highest BCUT2D eigenvalue weighted by atomic mass is 35.5. The number of benzene rings is 2. The zero-order valence-electron chi connectivity index (χ0n) is 14.3. The predicted octanol–water partition coefficient (Wildman–Crippen LogP) is 4.06. The quantitative estimate of drug-likeness (QED) is 0.517. The highest BCUT2D eigenvalue weighted by Gasteiger charge is 2.22. The average Bonchev–Trinajstić information content (AvgIpc) is 2.66. The molecule has 0 aromatic heterocycles. The van der Waals surface area contributed by atoms with Crippen LogP contribution in [-0.2, 0) is 4.74 Å². The lowest BCUT2D eigenvalue weighted by Gasteiger charge is -2.15. The van der Waals surface area contributed by atoms with E-state index in [0.717, 1.165) is 0 Å². The standard InChI is InChI=1S/C18H16Cl2O6/c1-23-15-7-5-11(16(24-2)17(15)25-3)18(22)26-9-14(21)10-4-6-12(19)13(20)8-10/h4-8H,9H2,1-3H3. The van der Waals surface area contributed by atoms with Crippen molar-refractivity contribution in [1.82, 2.24) is 0 Å². The van der Waals surface area contributed by atoms with Crippen molar-refractivity contribution < 1.29 is 28.5 Å². The molecule has 0 amide bonds. The maximum atomic E-state index is 12.4. The largest absolute Gasteiger partial charge is 0.493 e. The van der Waals surface area contributed by atoms with Gasteiger partial charge in [0.15, 0.2) is 23.9 Å². The summed E-state index contributed by atoms with van der Waals surface area (Å²) in [5.74, 6) is -0.362. The van der Waals surface area contributed by atoms with Crippen molar-refractivity contribution in [1.29, 1.82) is 0 Å². The van der Waals surface area contributed by atoms with Crippen molar-refractivity contribution in [3.05, 3.63) is 51.5 Å². The Balaban J connectivity index is 2.17. The minimum absolute atomic E-state index is 0.104. The Bertz CT molecular complexity index is 835. The van der Waals surface area contributed by atoms with E-state index in [-0.39, 0.29) is 27.6 Å². The molecule has 2 aromatic rings. The smallest absolute Gasteiger partial charge is 0.342 e. The van der Waals surface area contributed by atoms with E-state index in [0.29, 0.717) is 10.8 Å². The number of halogens is 2. The van der Waals surface area contributed by atoms with Crippen LogP contribution in [0.1, 0.15) is 20.7 Å². The van der Waals surface area contributed by atoms with E-state index < -0.39 is 18.4 Å². The Kier molecular flexibility index (Phi) is 6.71. The van der Waals surface area contributed by atoms with Gasteiger partial charge in [0.05, 0.1) is 31.4 Å². The maximum absolute atomic E-state index is 12.4. The van der Waals surface area contributed by atoms with E-state index in [1.807, 2.05) is 0 Å². The zero-order chi connectivity index (χ0) is 19.3. The van der Waals surface area contributed by atoms with Crippen LogP contribution in [0.25, 0.3) is 0 Å². The summed E-state index contributed by atoms with van der Waals surface area (Å²) < 4.78 is 20.7. The number of carbonyl (C=O) groups is 2. The molecule has 2 rings (SSSR count). The van der Waals surface area contributed by atoms with Crippen molar-refractivity contribution in [3.63, 3.8) is 0 Å². The van der Waals surface area contributed by atoms with Gasteiger partial charge in [-0.05, 0) is 30.3 Å². The molecule has 2 aromatic carbocycles. The molecule has 0 aliphatic carbocycles. The monoisotopic (exact) mass is 398 g/mol. The molecule has 0 spiro atoms. The zero-order valence-corrected chi connectivity index (χ0v) is 15.8. The highest BCUT2D eigenvalue weighted by Crippen LogP contribution is 2.39. The van der Waals surface area contributed by atoms with Crippen LogP contribution in [0.3, 0.4) is 0 Å². The number of ketones is 1. The molecule has 0 aliphatic rings. The van der Waals surface area contributed by atoms with Gasteiger partial charge in [0.2, 0.25) is 5.75 Å². The van der Waals surface area contributed by atoms with Gasteiger partial charge in [0, 0.05) is 5.56 Å². The van der Waals surface area contributed by atoms with E-state index in [1.54, 1.807) is 6.07 Å². The first-order chi connectivity index (χ1) is 12.4. The molecule has 0 bridgehead atoms. The van der Waals surface area contributed by atoms with E-state index in [1.165, 1.54) is 45.6 Å². The van der Waals surface area contributed by atoms with Gasteiger partial charge in [-0.1, -0.05) is 23.2 Å². The number of carbonyl (C=O) groups excluding carboxylic acids is 2. The van der Waals surface area contributed by atoms with Gasteiger partial charge in [0.1, 0.15) is 5.56 Å². The van der Waals surface area contributed by atoms with Crippen molar-refractivity contribution >= 4 is 35.0 Å². The molecule has 0 heterocycles. The molecule has 0 saturated heterocycles. The first-order valence-electron chi connectivity index (χ1n) is 7.37. The number of rotatable bonds is 7. The van der Waals surface area contributed by atoms with Crippen LogP contribution < -0.4 is 14.2 Å². The fourth-order valence-corrected chi connectivity index (χ4v) is 2.52. The maximum Gasteiger partial charge on any atom is 0.342 e. The summed E-state index contributed by atoms with van der Waals surface area (Å²) in [6.45, 7) is -0.464. The number of esters is 1. The highest BCUT2D eigenvalue weighted by molar-refractivity contribution is 6.42. The molecule has 0 N–H and O–H groups in total. The summed E-state index contributed by atoms with van der Waals surface area (Å²) in [4.78, 5) is 24.5. The third-order valence-electron chi connectivity index (χ3n) is 3.50. The summed E-state index contributed by atoms with van der Waals surface area (Å²) in [5, 5.41) is 0.570. The summed E-state index contributed by atoms with van der Waals surface area (Å²) in [5.41, 5.74) is 0.388. The first kappa shape index (κ1) is 19.9. The Labute approximate surface area is 160 Å². The lowest BCUT2D eigenvalue weighted by molar-refractivity contribution is 0.0471. The van der Waals surface area contributed by atoms with Crippen molar-refractivity contribution in [3.8, 4) is 17.2 Å². The molecule has 26 heavy (non-hydrogen) atoms. The number of hydrogen-bond donors (Lipinski definition) is 0. The van der Waals surface area contributed by atoms with Gasteiger partial charge < -0.3 is 18.9 Å². The van der Waals surface area contributed by atoms with E-state index in [2.05, 4.69) is 0 Å². The van der Waals surface area contributed by atoms with Gasteiger partial charge >= 0.3 is 5.97 Å². The Morgan fingerprint density at radius 3 is 2.15 bits per heavy atom. The summed E-state index contributed by atoms with van der Waals surface area (Å²) >= 11 is 11.7. The number of Topliss-reactive ketones (excluding diaryl/α,β-unsaturated/α-hetero) is 1. The van der Waals surface area contributed by atoms with Crippen LogP contribution in [0, 0.1) is 0 Å². The van der Waals surface area contributed by atoms with Gasteiger partial charge in [-0.2, -0.15) is 0 Å². The lowest BCUT2D eigenvalue weighted by atomic mass is 10.1. The second-order valence-electron chi connectivity index (χ2n) is 5.01. The second-order valence-corrected chi connectivity index (χ2v) is 5.82. The third kappa shape index (κ3) is 4.20. The molecule has 0 fully saturated rings. The molecule has 8 heteroatoms. The number of hydrogen-bond acceptors (Lipinski definition) is 6. The fraction of sp³-hybridized carbons (Fsp3) is 0.222. The lowest BCUT2D eigenvalue weighted by Crippen LogP contribution is -2.15. The summed E-state index contributed by atoms with van der Waals surface area (Å²) in [7, 11) is 4.27. The Morgan fingerprint density at radius 2 is 1.58 bits per heavy atom. The van der Waals surface area contributed by atoms with Crippen LogP contribution in [0.4, 0.5) is 0 Å². The summed E-state index contributed by atoms with van der Waals surface area (Å²) in [6, 6.07) is 7.42. The van der Waals surface area contributed by atoms with Crippen LogP contribution >= 0.6 is 23.2 Å². The Morgan fingerprint density at radius 1 is 0.885 bits per heavy atom. The number of ether oxygens (including phenoxy) is 4. The van der Waals surface area contributed by atoms with E-state index >= 15 is 0 Å². The van der Waals surface area contributed by atoms with Gasteiger partial charge in [-0.15, -0.1) is 0 Å². The molecule has 0 aliphatic heterocycles. The van der Waals surface area contributed by atoms with Crippen LogP contribution in [-0.4, -0.2) is 39.7 Å². The van der Waals surface area contributed by atoms with E-state index in [4.69, 9.17) is 42.1 Å². The van der Waals surface area contributed by atoms with Crippen molar-refractivity contribution in [2.75, 3.05) is 27.9 Å². The molecule has 138 valence electrons. The average molecular weight is 399 g/mol. The van der Waals surface area contributed by atoms with Crippen molar-refractivity contribution in [2.45, 2.75) is 0 Å². The van der Waals surface area contributed by atoms with Gasteiger partial charge in [0.25, 0.3) is 0 Å². The molecule has 6 nitrogen and oxygen atoms in total. The van der Waals surface area contributed by atoms with Gasteiger partial charge in [-0.3, -0.25) is 4.79 Å². The molecule has 0 unspecified atom stereocenters. The second kappa shape index (κ2) is 8.78. The molecule has 0 saturated carbocycles. The SMILES string of the molecule is COc1ccc(C(=O)OCC(=O)c2ccc(Cl)c(Cl)c2)c(OC)c1OC. The minimum Gasteiger partial charge on any atom is -0.493 e. The first-order valence-corrected chi connectivity index (χ1v) is 8.12. The third-order valence-corrected chi connectivity index (χ3v) is 4.24. The molecular weight excluding hydrogens is 383 g/mol. The normalized spacial score (nSPS) is 10.2. The van der Waals surface area contributed by atoms with Gasteiger partial charge in [-0.25, -0.2) is 4.79 Å². The molecule has 0 radical (unpaired) electrons. The summed E-state index contributed by atoms with van der Waals surface area (Å²) in [6.07, 6.45) is 0. The van der Waals surface area contributed by atoms with Crippen LogP contribution in [0.2, 0.25) is 10.0 Å². The molecular formula is C18H16Cl2O6. The predicted molar refractivity (Wildman–Crippen MR) is 97.2 cm³/mol. The van der Waals surface area contributed by atoms with Crippen LogP contribution in [0.5, 0.6) is 17.2 Å². The topological polar surface area (TPSA) is 71.1 Å².